The Kier molecular flexibility index (Phi) is 6.56. The first kappa shape index (κ1) is 23.9. The van der Waals surface area contributed by atoms with Crippen LogP contribution in [0.3, 0.4) is 0 Å². The van der Waals surface area contributed by atoms with Gasteiger partial charge in [0.25, 0.3) is 0 Å². The minimum atomic E-state index is 0.261. The van der Waals surface area contributed by atoms with Crippen molar-refractivity contribution < 1.29 is 4.74 Å². The number of aromatic nitrogens is 4. The van der Waals surface area contributed by atoms with Crippen molar-refractivity contribution in [1.82, 2.24) is 24.5 Å². The van der Waals surface area contributed by atoms with Crippen molar-refractivity contribution >= 4 is 34.7 Å². The predicted octanol–water partition coefficient (Wildman–Crippen LogP) is 4.20. The SMILES string of the molecule is N#Cc1cc(Nc2nc(NC3CC3)c3ncc(C#N)n3n2)c(Cl)c(C2CCCC(N3CCOCC3)C2)c1. The van der Waals surface area contributed by atoms with Crippen LogP contribution in [-0.2, 0) is 4.74 Å². The van der Waals surface area contributed by atoms with E-state index in [1.54, 1.807) is 6.07 Å². The largest absolute Gasteiger partial charge is 0.379 e. The van der Waals surface area contributed by atoms with Crippen molar-refractivity contribution in [3.63, 3.8) is 0 Å². The van der Waals surface area contributed by atoms with E-state index >= 15 is 0 Å². The van der Waals surface area contributed by atoms with Gasteiger partial charge in [0.1, 0.15) is 6.07 Å². The molecule has 2 aromatic heterocycles. The van der Waals surface area contributed by atoms with Gasteiger partial charge >= 0.3 is 0 Å². The number of morpholine rings is 1. The van der Waals surface area contributed by atoms with Gasteiger partial charge in [0, 0.05) is 25.2 Å². The molecule has 37 heavy (non-hydrogen) atoms. The van der Waals surface area contributed by atoms with Crippen molar-refractivity contribution in [1.29, 1.82) is 10.5 Å². The summed E-state index contributed by atoms with van der Waals surface area (Å²) >= 11 is 7.00. The molecule has 3 aliphatic rings. The monoisotopic (exact) mass is 517 g/mol. The third-order valence-electron chi connectivity index (χ3n) is 7.52. The predicted molar refractivity (Wildman–Crippen MR) is 139 cm³/mol. The minimum Gasteiger partial charge on any atom is -0.379 e. The average molecular weight is 518 g/mol. The molecule has 2 saturated carbocycles. The molecule has 0 amide bonds. The number of anilines is 3. The Morgan fingerprint density at radius 1 is 1.08 bits per heavy atom. The summed E-state index contributed by atoms with van der Waals surface area (Å²) in [7, 11) is 0. The van der Waals surface area contributed by atoms with E-state index in [1.165, 1.54) is 17.1 Å². The highest BCUT2D eigenvalue weighted by Crippen LogP contribution is 2.42. The van der Waals surface area contributed by atoms with Gasteiger partial charge in [-0.25, -0.2) is 4.98 Å². The van der Waals surface area contributed by atoms with Crippen LogP contribution in [0, 0.1) is 22.7 Å². The maximum Gasteiger partial charge on any atom is 0.247 e. The first-order valence-corrected chi connectivity index (χ1v) is 13.3. The molecule has 2 unspecified atom stereocenters. The molecule has 6 rings (SSSR count). The van der Waals surface area contributed by atoms with Gasteiger partial charge in [0.2, 0.25) is 5.95 Å². The van der Waals surface area contributed by atoms with E-state index in [2.05, 4.69) is 42.7 Å². The van der Waals surface area contributed by atoms with Gasteiger partial charge < -0.3 is 15.4 Å². The maximum atomic E-state index is 9.80. The van der Waals surface area contributed by atoms with Crippen LogP contribution in [0.5, 0.6) is 0 Å². The van der Waals surface area contributed by atoms with Gasteiger partial charge in [-0.05, 0) is 55.7 Å². The summed E-state index contributed by atoms with van der Waals surface area (Å²) in [5.41, 5.74) is 2.92. The zero-order chi connectivity index (χ0) is 25.4. The summed E-state index contributed by atoms with van der Waals surface area (Å²) in [5.74, 6) is 1.11. The van der Waals surface area contributed by atoms with Crippen LogP contribution in [0.4, 0.5) is 17.5 Å². The fraction of sp³-hybridized carbons (Fsp3) is 0.500. The molecule has 2 aliphatic carbocycles. The number of imidazole rings is 1. The summed E-state index contributed by atoms with van der Waals surface area (Å²) in [4.78, 5) is 11.5. The molecule has 2 N–H and O–H groups in total. The topological polar surface area (TPSA) is 127 Å². The fourth-order valence-corrected chi connectivity index (χ4v) is 5.78. The molecule has 11 heteroatoms. The lowest BCUT2D eigenvalue weighted by molar-refractivity contribution is 0.00658. The lowest BCUT2D eigenvalue weighted by Crippen LogP contribution is -2.45. The molecule has 3 aromatic rings. The Morgan fingerprint density at radius 3 is 2.68 bits per heavy atom. The van der Waals surface area contributed by atoms with Crippen LogP contribution in [0.1, 0.15) is 61.3 Å². The number of nitriles is 2. The highest BCUT2D eigenvalue weighted by Gasteiger charge is 2.30. The van der Waals surface area contributed by atoms with Crippen LogP contribution in [0.15, 0.2) is 18.3 Å². The smallest absolute Gasteiger partial charge is 0.247 e. The standard InChI is InChI=1S/C26H28ClN9O/c27-23-21(17-2-1-3-19(12-17)35-6-8-37-9-7-35)10-16(13-28)11-22(23)32-26-33-24(31-18-4-5-18)25-30-15-20(14-29)36(25)34-26/h10-11,15,17-19H,1-9,12H2,(H2,31,32,33,34). The van der Waals surface area contributed by atoms with Crippen molar-refractivity contribution in [3.05, 3.63) is 40.2 Å². The molecule has 1 aromatic carbocycles. The number of halogens is 1. The number of rotatable bonds is 6. The Morgan fingerprint density at radius 2 is 1.92 bits per heavy atom. The molecule has 3 fully saturated rings. The number of nitrogens with zero attached hydrogens (tertiary/aromatic N) is 7. The fourth-order valence-electron chi connectivity index (χ4n) is 5.47. The lowest BCUT2D eigenvalue weighted by atomic mass is 9.80. The lowest BCUT2D eigenvalue weighted by Gasteiger charge is -2.39. The molecule has 1 saturated heterocycles. The van der Waals surface area contributed by atoms with Gasteiger partial charge in [-0.1, -0.05) is 18.0 Å². The molecule has 0 bridgehead atoms. The van der Waals surface area contributed by atoms with Crippen molar-refractivity contribution in [2.45, 2.75) is 56.5 Å². The van der Waals surface area contributed by atoms with Crippen LogP contribution in [0.2, 0.25) is 5.02 Å². The number of benzene rings is 1. The Labute approximate surface area is 220 Å². The number of nitrogens with one attached hydrogen (secondary N) is 2. The second-order valence-electron chi connectivity index (χ2n) is 10.0. The summed E-state index contributed by atoms with van der Waals surface area (Å²) in [5, 5.41) is 31.0. The maximum absolute atomic E-state index is 9.80. The average Bonchev–Trinajstić information content (AvgIpc) is 3.66. The van der Waals surface area contributed by atoms with E-state index in [4.69, 9.17) is 16.3 Å². The molecular formula is C26H28ClN9O. The number of ether oxygens (including phenoxy) is 1. The highest BCUT2D eigenvalue weighted by molar-refractivity contribution is 6.34. The first-order chi connectivity index (χ1) is 18.1. The second kappa shape index (κ2) is 10.1. The van der Waals surface area contributed by atoms with Crippen molar-refractivity contribution in [2.75, 3.05) is 36.9 Å². The third-order valence-corrected chi connectivity index (χ3v) is 7.94. The number of hydrogen-bond donors (Lipinski definition) is 2. The Balaban J connectivity index is 1.32. The van der Waals surface area contributed by atoms with Crippen LogP contribution in [-0.4, -0.2) is 62.9 Å². The van der Waals surface area contributed by atoms with Gasteiger partial charge in [-0.15, -0.1) is 5.10 Å². The van der Waals surface area contributed by atoms with E-state index in [1.807, 2.05) is 6.07 Å². The molecule has 3 heterocycles. The van der Waals surface area contributed by atoms with Gasteiger partial charge in [0.15, 0.2) is 17.2 Å². The first-order valence-electron chi connectivity index (χ1n) is 12.9. The third kappa shape index (κ3) is 4.93. The summed E-state index contributed by atoms with van der Waals surface area (Å²) in [6.45, 7) is 3.50. The van der Waals surface area contributed by atoms with E-state index in [9.17, 15) is 10.5 Å². The van der Waals surface area contributed by atoms with Gasteiger partial charge in [-0.3, -0.25) is 4.90 Å². The van der Waals surface area contributed by atoms with Crippen molar-refractivity contribution in [3.8, 4) is 12.1 Å². The molecule has 10 nitrogen and oxygen atoms in total. The van der Waals surface area contributed by atoms with Crippen LogP contribution >= 0.6 is 11.6 Å². The van der Waals surface area contributed by atoms with E-state index in [0.29, 0.717) is 45.5 Å². The van der Waals surface area contributed by atoms with Gasteiger partial charge in [0.05, 0.1) is 41.8 Å². The molecule has 190 valence electrons. The molecule has 2 atom stereocenters. The number of fused-ring (bicyclic) bond motifs is 1. The minimum absolute atomic E-state index is 0.261. The van der Waals surface area contributed by atoms with Crippen LogP contribution < -0.4 is 10.6 Å². The normalized spacial score (nSPS) is 22.4. The zero-order valence-corrected chi connectivity index (χ0v) is 21.2. The summed E-state index contributed by atoms with van der Waals surface area (Å²) in [6.07, 6.45) is 7.96. The van der Waals surface area contributed by atoms with E-state index < -0.39 is 0 Å². The Bertz CT molecular complexity index is 1400. The summed E-state index contributed by atoms with van der Waals surface area (Å²) in [6, 6.07) is 8.90. The van der Waals surface area contributed by atoms with Gasteiger partial charge in [-0.2, -0.15) is 20.0 Å². The molecule has 0 radical (unpaired) electrons. The van der Waals surface area contributed by atoms with Crippen LogP contribution in [0.25, 0.3) is 5.65 Å². The summed E-state index contributed by atoms with van der Waals surface area (Å²) < 4.78 is 7.03. The van der Waals surface area contributed by atoms with E-state index in [0.717, 1.165) is 64.0 Å². The second-order valence-corrected chi connectivity index (χ2v) is 10.4. The molecule has 0 spiro atoms. The zero-order valence-electron chi connectivity index (χ0n) is 20.5. The molecule has 1 aliphatic heterocycles. The molecular weight excluding hydrogens is 490 g/mol. The van der Waals surface area contributed by atoms with E-state index in [-0.39, 0.29) is 11.9 Å². The number of hydrogen-bond acceptors (Lipinski definition) is 9. The Hall–Kier alpha value is -3.44. The quantitative estimate of drug-likeness (QED) is 0.494. The van der Waals surface area contributed by atoms with Crippen molar-refractivity contribution in [2.24, 2.45) is 0 Å². The highest BCUT2D eigenvalue weighted by atomic mass is 35.5.